The highest BCUT2D eigenvalue weighted by atomic mass is 16.3. The first kappa shape index (κ1) is 12.9. The second-order valence-electron chi connectivity index (χ2n) is 4.41. The summed E-state index contributed by atoms with van der Waals surface area (Å²) in [5, 5.41) is 5.82. The van der Waals surface area contributed by atoms with E-state index in [0.29, 0.717) is 11.0 Å². The molecule has 0 saturated carbocycles. The van der Waals surface area contributed by atoms with Gasteiger partial charge >= 0.3 is 6.03 Å². The number of hydrazone groups is 1. The van der Waals surface area contributed by atoms with E-state index in [1.165, 1.54) is 12.5 Å². The Balaban J connectivity index is 2.24. The highest BCUT2D eigenvalue weighted by Crippen LogP contribution is 2.22. The van der Waals surface area contributed by atoms with Gasteiger partial charge in [0.1, 0.15) is 11.8 Å². The number of hydrogen-bond acceptors (Lipinski definition) is 4. The highest BCUT2D eigenvalue weighted by molar-refractivity contribution is 6.06. The molecule has 6 nitrogen and oxygen atoms in total. The molecular weight excluding hydrogens is 270 g/mol. The van der Waals surface area contributed by atoms with E-state index >= 15 is 0 Å². The van der Waals surface area contributed by atoms with Crippen LogP contribution < -0.4 is 16.6 Å². The van der Waals surface area contributed by atoms with Crippen molar-refractivity contribution < 1.29 is 9.21 Å². The Hall–Kier alpha value is -3.15. The van der Waals surface area contributed by atoms with E-state index in [4.69, 9.17) is 10.2 Å². The Bertz CT molecular complexity index is 928. The van der Waals surface area contributed by atoms with E-state index in [2.05, 4.69) is 5.10 Å². The lowest BCUT2D eigenvalue weighted by Gasteiger charge is -2.03. The van der Waals surface area contributed by atoms with Gasteiger partial charge in [-0.15, -0.1) is 0 Å². The summed E-state index contributed by atoms with van der Waals surface area (Å²) in [5.74, 6) is 0. The van der Waals surface area contributed by atoms with Gasteiger partial charge in [-0.1, -0.05) is 30.3 Å². The van der Waals surface area contributed by atoms with Gasteiger partial charge in [0.15, 0.2) is 0 Å². The minimum Gasteiger partial charge on any atom is -0.463 e. The van der Waals surface area contributed by atoms with E-state index in [-0.39, 0.29) is 11.0 Å². The molecule has 3 aromatic rings. The maximum absolute atomic E-state index is 12.5. The monoisotopic (exact) mass is 281 g/mol. The number of amides is 2. The molecule has 1 aromatic heterocycles. The maximum Gasteiger partial charge on any atom is 0.332 e. The lowest BCUT2D eigenvalue weighted by molar-refractivity contribution is 0.249. The quantitative estimate of drug-likeness (QED) is 0.426. The molecule has 0 aliphatic carbocycles. The zero-order valence-corrected chi connectivity index (χ0v) is 10.9. The molecule has 0 unspecified atom stereocenters. The van der Waals surface area contributed by atoms with E-state index in [0.717, 1.165) is 10.8 Å². The van der Waals surface area contributed by atoms with Crippen LogP contribution in [0.5, 0.6) is 0 Å². The van der Waals surface area contributed by atoms with Crippen LogP contribution in [-0.2, 0) is 0 Å². The fourth-order valence-corrected chi connectivity index (χ4v) is 2.16. The van der Waals surface area contributed by atoms with E-state index in [1.807, 2.05) is 35.8 Å². The summed E-state index contributed by atoms with van der Waals surface area (Å²) >= 11 is 0. The molecule has 0 saturated heterocycles. The Labute approximate surface area is 118 Å². The van der Waals surface area contributed by atoms with Gasteiger partial charge in [0.05, 0.1) is 17.2 Å². The molecule has 21 heavy (non-hydrogen) atoms. The molecule has 0 fully saturated rings. The van der Waals surface area contributed by atoms with Gasteiger partial charge in [-0.3, -0.25) is 4.79 Å². The van der Waals surface area contributed by atoms with Gasteiger partial charge in [0.25, 0.3) is 0 Å². The van der Waals surface area contributed by atoms with Gasteiger partial charge in [-0.25, -0.2) is 10.2 Å². The van der Waals surface area contributed by atoms with Crippen LogP contribution >= 0.6 is 0 Å². The number of benzene rings is 2. The summed E-state index contributed by atoms with van der Waals surface area (Å²) in [7, 11) is 0. The largest absolute Gasteiger partial charge is 0.463 e. The molecule has 104 valence electrons. The molecule has 0 bridgehead atoms. The van der Waals surface area contributed by atoms with E-state index < -0.39 is 6.03 Å². The van der Waals surface area contributed by atoms with E-state index in [9.17, 15) is 9.59 Å². The van der Waals surface area contributed by atoms with Gasteiger partial charge in [-0.2, -0.15) is 5.10 Å². The first-order chi connectivity index (χ1) is 10.2. The summed E-state index contributed by atoms with van der Waals surface area (Å²) in [5.41, 5.74) is 7.44. The molecule has 0 aliphatic rings. The molecule has 0 radical (unpaired) electrons. The predicted molar refractivity (Wildman–Crippen MR) is 80.3 cm³/mol. The number of urea groups is 1. The third-order valence-electron chi connectivity index (χ3n) is 3.07. The second kappa shape index (κ2) is 5.09. The highest BCUT2D eigenvalue weighted by Gasteiger charge is 2.09. The molecule has 2 aromatic carbocycles. The van der Waals surface area contributed by atoms with Crippen LogP contribution in [0.4, 0.5) is 4.79 Å². The smallest absolute Gasteiger partial charge is 0.332 e. The number of carbonyl (C=O) groups is 1. The van der Waals surface area contributed by atoms with Crippen molar-refractivity contribution in [2.75, 3.05) is 0 Å². The zero-order chi connectivity index (χ0) is 14.8. The van der Waals surface area contributed by atoms with Crippen molar-refractivity contribution in [3.05, 3.63) is 58.4 Å². The SMILES string of the molecule is NC(=O)N/N=C/c1coc2ccc3ccccc3c2c1=O. The first-order valence-electron chi connectivity index (χ1n) is 6.18. The molecule has 2 amide bonds. The molecule has 3 rings (SSSR count). The molecule has 0 atom stereocenters. The lowest BCUT2D eigenvalue weighted by Crippen LogP contribution is -2.24. The van der Waals surface area contributed by atoms with Crippen molar-refractivity contribution in [1.82, 2.24) is 5.43 Å². The van der Waals surface area contributed by atoms with E-state index in [1.54, 1.807) is 6.07 Å². The molecule has 6 heteroatoms. The normalized spacial score (nSPS) is 11.2. The van der Waals surface area contributed by atoms with Crippen LogP contribution in [0.2, 0.25) is 0 Å². The van der Waals surface area contributed by atoms with Crippen LogP contribution in [0, 0.1) is 0 Å². The third kappa shape index (κ3) is 2.34. The molecule has 3 N–H and O–H groups in total. The van der Waals surface area contributed by atoms with Crippen molar-refractivity contribution in [2.45, 2.75) is 0 Å². The van der Waals surface area contributed by atoms with Crippen LogP contribution in [0.15, 0.2) is 57.0 Å². The molecular formula is C15H11N3O3. The minimum atomic E-state index is -0.804. The van der Waals surface area contributed by atoms with Gasteiger partial charge in [0.2, 0.25) is 5.43 Å². The summed E-state index contributed by atoms with van der Waals surface area (Å²) in [6, 6.07) is 10.4. The van der Waals surface area contributed by atoms with Crippen molar-refractivity contribution in [1.29, 1.82) is 0 Å². The Kier molecular flexibility index (Phi) is 3.12. The van der Waals surface area contributed by atoms with Crippen molar-refractivity contribution in [2.24, 2.45) is 10.8 Å². The molecule has 0 aliphatic heterocycles. The topological polar surface area (TPSA) is 97.7 Å². The van der Waals surface area contributed by atoms with Crippen LogP contribution in [0.25, 0.3) is 21.7 Å². The average molecular weight is 281 g/mol. The number of primary amides is 1. The van der Waals surface area contributed by atoms with Gasteiger partial charge in [0, 0.05) is 0 Å². The van der Waals surface area contributed by atoms with Crippen LogP contribution in [-0.4, -0.2) is 12.2 Å². The predicted octanol–water partition coefficient (Wildman–Crippen LogP) is 1.95. The fourth-order valence-electron chi connectivity index (χ4n) is 2.16. The first-order valence-corrected chi connectivity index (χ1v) is 6.18. The number of nitrogens with zero attached hydrogens (tertiary/aromatic N) is 1. The number of rotatable bonds is 2. The Morgan fingerprint density at radius 2 is 2.05 bits per heavy atom. The van der Waals surface area contributed by atoms with Crippen molar-refractivity contribution in [3.63, 3.8) is 0 Å². The zero-order valence-electron chi connectivity index (χ0n) is 10.9. The van der Waals surface area contributed by atoms with Gasteiger partial charge < -0.3 is 10.2 Å². The maximum atomic E-state index is 12.5. The van der Waals surface area contributed by atoms with Crippen LogP contribution in [0.3, 0.4) is 0 Å². The number of hydrogen-bond donors (Lipinski definition) is 2. The summed E-state index contributed by atoms with van der Waals surface area (Å²) < 4.78 is 5.45. The average Bonchev–Trinajstić information content (AvgIpc) is 2.49. The number of carbonyl (C=O) groups excluding carboxylic acids is 1. The number of fused-ring (bicyclic) bond motifs is 3. The summed E-state index contributed by atoms with van der Waals surface area (Å²) in [6.45, 7) is 0. The lowest BCUT2D eigenvalue weighted by atomic mass is 10.0. The van der Waals surface area contributed by atoms with Crippen molar-refractivity contribution >= 4 is 34.0 Å². The number of nitrogens with two attached hydrogens (primary N) is 1. The standard InChI is InChI=1S/C15H11N3O3/c16-15(20)18-17-7-10-8-21-12-6-5-9-3-1-2-4-11(9)13(12)14(10)19/h1-8H,(H3,16,18,20)/b17-7+. The Morgan fingerprint density at radius 1 is 1.24 bits per heavy atom. The van der Waals surface area contributed by atoms with Gasteiger partial charge in [-0.05, 0) is 16.8 Å². The Morgan fingerprint density at radius 3 is 2.86 bits per heavy atom. The molecule has 1 heterocycles. The second-order valence-corrected chi connectivity index (χ2v) is 4.41. The fraction of sp³-hybridized carbons (Fsp3) is 0. The third-order valence-corrected chi connectivity index (χ3v) is 3.07. The van der Waals surface area contributed by atoms with Crippen molar-refractivity contribution in [3.8, 4) is 0 Å². The molecule has 0 spiro atoms. The summed E-state index contributed by atoms with van der Waals surface area (Å²) in [4.78, 5) is 23.1. The summed E-state index contributed by atoms with van der Waals surface area (Å²) in [6.07, 6.45) is 2.50. The minimum absolute atomic E-state index is 0.219. The number of nitrogens with one attached hydrogen (secondary N) is 1. The van der Waals surface area contributed by atoms with Crippen LogP contribution in [0.1, 0.15) is 5.56 Å².